The number of likely N-dealkylation sites (N-methyl/N-ethyl adjacent to an activating group) is 1. The fourth-order valence-electron chi connectivity index (χ4n) is 2.70. The quantitative estimate of drug-likeness (QED) is 0.608. The van der Waals surface area contributed by atoms with Crippen LogP contribution in [0.15, 0.2) is 35.7 Å². The molecule has 3 rings (SSSR count). The number of carbonyl (C=O) groups excluding carboxylic acids is 1. The number of piperazine rings is 1. The summed E-state index contributed by atoms with van der Waals surface area (Å²) in [6.45, 7) is 5.23. The summed E-state index contributed by atoms with van der Waals surface area (Å²) in [6.07, 6.45) is 0. The molecule has 156 valence electrons. The van der Waals surface area contributed by atoms with E-state index in [-0.39, 0.29) is 5.91 Å². The molecule has 2 heterocycles. The van der Waals surface area contributed by atoms with Crippen molar-refractivity contribution in [2.24, 2.45) is 0 Å². The molecule has 1 fully saturated rings. The number of carboxylic acids is 2. The second kappa shape index (κ2) is 11.2. The van der Waals surface area contributed by atoms with E-state index in [0.717, 1.165) is 43.4 Å². The summed E-state index contributed by atoms with van der Waals surface area (Å²) >= 11 is 1.72. The molecule has 1 aromatic carbocycles. The maximum absolute atomic E-state index is 11.4. The zero-order chi connectivity index (χ0) is 21.2. The minimum Gasteiger partial charge on any atom is -0.473 e. The van der Waals surface area contributed by atoms with Gasteiger partial charge in [0.25, 0.3) is 0 Å². The van der Waals surface area contributed by atoms with E-state index >= 15 is 0 Å². The molecule has 1 saturated heterocycles. The molecule has 3 N–H and O–H groups in total. The standard InChI is InChI=1S/C17H22N4OS.C2H2O4/c1-18-16(22)11-20-7-9-21(10-8-20)12-17-19-15(13-23-17)14-5-3-2-4-6-14;3-1(4)2(5)6/h2-6,13H,7-12H2,1H3,(H,18,22);(H,3,4)(H,5,6). The molecular weight excluding hydrogens is 396 g/mol. The minimum absolute atomic E-state index is 0.0888. The minimum atomic E-state index is -1.82. The first-order valence-electron chi connectivity index (χ1n) is 9.00. The van der Waals surface area contributed by atoms with Crippen molar-refractivity contribution in [2.45, 2.75) is 6.54 Å². The van der Waals surface area contributed by atoms with Gasteiger partial charge in [-0.2, -0.15) is 0 Å². The van der Waals surface area contributed by atoms with Crippen molar-refractivity contribution in [3.63, 3.8) is 0 Å². The van der Waals surface area contributed by atoms with E-state index in [9.17, 15) is 4.79 Å². The smallest absolute Gasteiger partial charge is 0.414 e. The van der Waals surface area contributed by atoms with Crippen molar-refractivity contribution >= 4 is 29.2 Å². The van der Waals surface area contributed by atoms with Gasteiger partial charge in [-0.15, -0.1) is 11.3 Å². The van der Waals surface area contributed by atoms with Crippen LogP contribution in [0.25, 0.3) is 11.3 Å². The maximum atomic E-state index is 11.4. The Morgan fingerprint density at radius 1 is 1.03 bits per heavy atom. The lowest BCUT2D eigenvalue weighted by Crippen LogP contribution is -2.48. The van der Waals surface area contributed by atoms with Gasteiger partial charge in [-0.3, -0.25) is 14.6 Å². The van der Waals surface area contributed by atoms with E-state index in [0.29, 0.717) is 6.54 Å². The molecule has 1 amide bonds. The zero-order valence-corrected chi connectivity index (χ0v) is 16.9. The molecule has 9 nitrogen and oxygen atoms in total. The van der Waals surface area contributed by atoms with Crippen LogP contribution in [-0.2, 0) is 20.9 Å². The molecule has 0 spiro atoms. The van der Waals surface area contributed by atoms with Gasteiger partial charge in [-0.25, -0.2) is 14.6 Å². The van der Waals surface area contributed by atoms with Gasteiger partial charge in [0.1, 0.15) is 5.01 Å². The zero-order valence-electron chi connectivity index (χ0n) is 16.1. The highest BCUT2D eigenvalue weighted by molar-refractivity contribution is 7.09. The van der Waals surface area contributed by atoms with Crippen LogP contribution in [0.5, 0.6) is 0 Å². The number of hydrogen-bond donors (Lipinski definition) is 3. The summed E-state index contributed by atoms with van der Waals surface area (Å²) in [5.74, 6) is -3.56. The van der Waals surface area contributed by atoms with E-state index in [1.54, 1.807) is 18.4 Å². The first-order chi connectivity index (χ1) is 13.9. The van der Waals surface area contributed by atoms with Crippen LogP contribution in [0.2, 0.25) is 0 Å². The fourth-order valence-corrected chi connectivity index (χ4v) is 3.55. The van der Waals surface area contributed by atoms with Gasteiger partial charge in [-0.05, 0) is 0 Å². The summed E-state index contributed by atoms with van der Waals surface area (Å²) in [5.41, 5.74) is 2.23. The maximum Gasteiger partial charge on any atom is 0.414 e. The average molecular weight is 420 g/mol. The van der Waals surface area contributed by atoms with Gasteiger partial charge in [-0.1, -0.05) is 30.3 Å². The summed E-state index contributed by atoms with van der Waals surface area (Å²) in [7, 11) is 1.69. The third-order valence-electron chi connectivity index (χ3n) is 4.27. The molecule has 1 aliphatic heterocycles. The van der Waals surface area contributed by atoms with Crippen molar-refractivity contribution in [3.05, 3.63) is 40.7 Å². The number of aromatic nitrogens is 1. The number of benzene rings is 1. The van der Waals surface area contributed by atoms with E-state index < -0.39 is 11.9 Å². The molecule has 0 bridgehead atoms. The monoisotopic (exact) mass is 420 g/mol. The predicted molar refractivity (Wildman–Crippen MR) is 109 cm³/mol. The molecule has 1 aliphatic rings. The van der Waals surface area contributed by atoms with Crippen molar-refractivity contribution in [1.29, 1.82) is 0 Å². The van der Waals surface area contributed by atoms with Crippen LogP contribution in [0, 0.1) is 0 Å². The van der Waals surface area contributed by atoms with Gasteiger partial charge in [0.15, 0.2) is 0 Å². The number of rotatable bonds is 5. The number of nitrogens with one attached hydrogen (secondary N) is 1. The van der Waals surface area contributed by atoms with Crippen molar-refractivity contribution in [1.82, 2.24) is 20.1 Å². The molecule has 29 heavy (non-hydrogen) atoms. The Bertz CT molecular complexity index is 807. The molecule has 0 atom stereocenters. The molecule has 0 aliphatic carbocycles. The highest BCUT2D eigenvalue weighted by atomic mass is 32.1. The van der Waals surface area contributed by atoms with Crippen LogP contribution in [0.4, 0.5) is 0 Å². The first-order valence-corrected chi connectivity index (χ1v) is 9.88. The summed E-state index contributed by atoms with van der Waals surface area (Å²) < 4.78 is 0. The Labute approximate surface area is 172 Å². The molecule has 0 radical (unpaired) electrons. The summed E-state index contributed by atoms with van der Waals surface area (Å²) in [4.78, 5) is 39.0. The lowest BCUT2D eigenvalue weighted by molar-refractivity contribution is -0.159. The average Bonchev–Trinajstić information content (AvgIpc) is 3.19. The van der Waals surface area contributed by atoms with Crippen LogP contribution < -0.4 is 5.32 Å². The third-order valence-corrected chi connectivity index (χ3v) is 5.11. The summed E-state index contributed by atoms with van der Waals surface area (Å²) in [5, 5.41) is 20.7. The van der Waals surface area contributed by atoms with E-state index in [4.69, 9.17) is 24.8 Å². The number of hydrogen-bond acceptors (Lipinski definition) is 7. The third kappa shape index (κ3) is 7.60. The lowest BCUT2D eigenvalue weighted by Gasteiger charge is -2.33. The lowest BCUT2D eigenvalue weighted by atomic mass is 10.2. The Hall–Kier alpha value is -2.82. The largest absolute Gasteiger partial charge is 0.473 e. The van der Waals surface area contributed by atoms with Crippen molar-refractivity contribution < 1.29 is 24.6 Å². The van der Waals surface area contributed by atoms with Crippen LogP contribution in [0.1, 0.15) is 5.01 Å². The Morgan fingerprint density at radius 2 is 1.62 bits per heavy atom. The van der Waals surface area contributed by atoms with Gasteiger partial charge in [0.05, 0.1) is 18.8 Å². The van der Waals surface area contributed by atoms with E-state index in [1.165, 1.54) is 5.56 Å². The molecule has 2 aromatic rings. The van der Waals surface area contributed by atoms with Gasteiger partial charge in [0.2, 0.25) is 5.91 Å². The van der Waals surface area contributed by atoms with Crippen LogP contribution >= 0.6 is 11.3 Å². The predicted octanol–water partition coefficient (Wildman–Crippen LogP) is 0.829. The Morgan fingerprint density at radius 3 is 2.17 bits per heavy atom. The Balaban J connectivity index is 0.000000438. The number of carboxylic acid groups (broad SMARTS) is 2. The second-order valence-electron chi connectivity index (χ2n) is 6.33. The number of aliphatic carboxylic acids is 2. The normalized spacial score (nSPS) is 14.5. The van der Waals surface area contributed by atoms with E-state index in [1.807, 2.05) is 18.2 Å². The van der Waals surface area contributed by atoms with Crippen molar-refractivity contribution in [2.75, 3.05) is 39.8 Å². The Kier molecular flexibility index (Phi) is 8.71. The number of carbonyl (C=O) groups is 3. The SMILES string of the molecule is CNC(=O)CN1CCN(Cc2nc(-c3ccccc3)cs2)CC1.O=C(O)C(=O)O. The molecule has 10 heteroatoms. The second-order valence-corrected chi connectivity index (χ2v) is 7.27. The van der Waals surface area contributed by atoms with E-state index in [2.05, 4.69) is 32.6 Å². The fraction of sp³-hybridized carbons (Fsp3) is 0.368. The van der Waals surface area contributed by atoms with Crippen molar-refractivity contribution in [3.8, 4) is 11.3 Å². The van der Waals surface area contributed by atoms with Crippen LogP contribution in [-0.4, -0.2) is 82.6 Å². The van der Waals surface area contributed by atoms with Gasteiger partial charge < -0.3 is 15.5 Å². The van der Waals surface area contributed by atoms with Crippen LogP contribution in [0.3, 0.4) is 0 Å². The molecule has 0 saturated carbocycles. The molecular formula is C19H24N4O5S. The number of amides is 1. The first kappa shape index (κ1) is 22.5. The number of nitrogens with zero attached hydrogens (tertiary/aromatic N) is 3. The summed E-state index contributed by atoms with van der Waals surface area (Å²) in [6, 6.07) is 10.3. The topological polar surface area (TPSA) is 123 Å². The number of thiazole rings is 1. The molecule has 0 unspecified atom stereocenters. The highest BCUT2D eigenvalue weighted by Gasteiger charge is 2.19. The van der Waals surface area contributed by atoms with Gasteiger partial charge in [0, 0.05) is 44.2 Å². The highest BCUT2D eigenvalue weighted by Crippen LogP contribution is 2.22. The molecule has 1 aromatic heterocycles. The van der Waals surface area contributed by atoms with Gasteiger partial charge >= 0.3 is 11.9 Å².